The van der Waals surface area contributed by atoms with E-state index < -0.39 is 31.7 Å². The molecule has 0 aromatic carbocycles. The second kappa shape index (κ2) is 6.50. The van der Waals surface area contributed by atoms with Crippen LogP contribution in [0.1, 0.15) is 20.8 Å². The van der Waals surface area contributed by atoms with Crippen LogP contribution in [0.15, 0.2) is 0 Å². The molecule has 0 saturated carbocycles. The normalized spacial score (nSPS) is 17.3. The van der Waals surface area contributed by atoms with Crippen LogP contribution >= 0.6 is 7.60 Å². The maximum absolute atomic E-state index is 11.5. The SMILES string of the molecule is COP(C)(=O)OCC(CO)OC(=O)C(C)(C)C. The molecule has 2 unspecified atom stereocenters. The number of ether oxygens (including phenoxy) is 1. The van der Waals surface area contributed by atoms with Crippen LogP contribution in [0.5, 0.6) is 0 Å². The van der Waals surface area contributed by atoms with Crippen LogP contribution in [0, 0.1) is 5.41 Å². The predicted molar refractivity (Wildman–Crippen MR) is 62.9 cm³/mol. The highest BCUT2D eigenvalue weighted by molar-refractivity contribution is 7.52. The third-order valence-corrected chi connectivity index (χ3v) is 3.20. The second-order valence-corrected chi connectivity index (χ2v) is 6.88. The van der Waals surface area contributed by atoms with Crippen molar-refractivity contribution >= 4 is 13.6 Å². The second-order valence-electron chi connectivity index (χ2n) is 4.71. The number of rotatable bonds is 6. The van der Waals surface area contributed by atoms with Crippen LogP contribution in [-0.2, 0) is 23.1 Å². The van der Waals surface area contributed by atoms with E-state index in [1.807, 2.05) is 0 Å². The molecule has 0 aliphatic rings. The lowest BCUT2D eigenvalue weighted by Gasteiger charge is -2.22. The van der Waals surface area contributed by atoms with Crippen molar-refractivity contribution in [3.63, 3.8) is 0 Å². The van der Waals surface area contributed by atoms with E-state index in [1.165, 1.54) is 13.8 Å². The first-order chi connectivity index (χ1) is 7.62. The molecule has 0 bridgehead atoms. The fourth-order valence-electron chi connectivity index (χ4n) is 0.723. The van der Waals surface area contributed by atoms with Crippen LogP contribution in [-0.4, -0.2) is 44.2 Å². The van der Waals surface area contributed by atoms with Crippen molar-refractivity contribution in [2.75, 3.05) is 27.0 Å². The molecule has 17 heavy (non-hydrogen) atoms. The van der Waals surface area contributed by atoms with Gasteiger partial charge in [0.2, 0.25) is 0 Å². The van der Waals surface area contributed by atoms with E-state index >= 15 is 0 Å². The summed E-state index contributed by atoms with van der Waals surface area (Å²) >= 11 is 0. The van der Waals surface area contributed by atoms with Crippen LogP contribution in [0.25, 0.3) is 0 Å². The quantitative estimate of drug-likeness (QED) is 0.579. The van der Waals surface area contributed by atoms with Crippen LogP contribution in [0.2, 0.25) is 0 Å². The summed E-state index contributed by atoms with van der Waals surface area (Å²) < 4.78 is 26.0. The Morgan fingerprint density at radius 2 is 1.94 bits per heavy atom. The molecule has 0 fully saturated rings. The summed E-state index contributed by atoms with van der Waals surface area (Å²) in [6.45, 7) is 5.83. The molecule has 0 amide bonds. The van der Waals surface area contributed by atoms with Gasteiger partial charge in [-0.1, -0.05) is 0 Å². The number of carbonyl (C=O) groups excluding carboxylic acids is 1. The molecule has 0 heterocycles. The number of hydrogen-bond donors (Lipinski definition) is 1. The van der Waals surface area contributed by atoms with Gasteiger partial charge >= 0.3 is 13.6 Å². The van der Waals surface area contributed by atoms with Crippen molar-refractivity contribution in [3.8, 4) is 0 Å². The Balaban J connectivity index is 4.28. The molecule has 0 aliphatic carbocycles. The van der Waals surface area contributed by atoms with E-state index in [2.05, 4.69) is 4.52 Å². The van der Waals surface area contributed by atoms with Crippen molar-refractivity contribution in [1.29, 1.82) is 0 Å². The summed E-state index contributed by atoms with van der Waals surface area (Å²) in [5, 5.41) is 9.02. The molecule has 0 aromatic rings. The molecule has 0 aliphatic heterocycles. The van der Waals surface area contributed by atoms with Gasteiger partial charge in [-0.2, -0.15) is 0 Å². The lowest BCUT2D eigenvalue weighted by atomic mass is 9.97. The Kier molecular flexibility index (Phi) is 6.34. The van der Waals surface area contributed by atoms with Gasteiger partial charge in [0.1, 0.15) is 6.10 Å². The van der Waals surface area contributed by atoms with E-state index in [9.17, 15) is 9.36 Å². The maximum atomic E-state index is 11.5. The van der Waals surface area contributed by atoms with Gasteiger partial charge < -0.3 is 18.9 Å². The highest BCUT2D eigenvalue weighted by Crippen LogP contribution is 2.42. The molecule has 0 rings (SSSR count). The molecule has 0 aromatic heterocycles. The summed E-state index contributed by atoms with van der Waals surface area (Å²) in [4.78, 5) is 11.5. The fourth-order valence-corrected chi connectivity index (χ4v) is 1.27. The third kappa shape index (κ3) is 6.78. The number of carbonyl (C=O) groups is 1. The van der Waals surface area contributed by atoms with Crippen molar-refractivity contribution < 1.29 is 28.3 Å². The first-order valence-corrected chi connectivity index (χ1v) is 7.21. The van der Waals surface area contributed by atoms with Gasteiger partial charge in [-0.3, -0.25) is 9.36 Å². The zero-order valence-corrected chi connectivity index (χ0v) is 11.8. The monoisotopic (exact) mass is 268 g/mol. The Hall–Kier alpha value is -0.420. The van der Waals surface area contributed by atoms with Crippen molar-refractivity contribution in [1.82, 2.24) is 0 Å². The number of hydrogen-bond acceptors (Lipinski definition) is 6. The molecule has 0 spiro atoms. The molecule has 7 heteroatoms. The van der Waals surface area contributed by atoms with Crippen LogP contribution in [0.3, 0.4) is 0 Å². The molecule has 1 N–H and O–H groups in total. The van der Waals surface area contributed by atoms with Crippen molar-refractivity contribution in [2.24, 2.45) is 5.41 Å². The van der Waals surface area contributed by atoms with Gasteiger partial charge in [-0.05, 0) is 20.8 Å². The predicted octanol–water partition coefficient (Wildman–Crippen LogP) is 1.42. The maximum Gasteiger partial charge on any atom is 0.327 e. The zero-order valence-electron chi connectivity index (χ0n) is 10.9. The standard InChI is InChI=1S/C10H21O6P/c1-10(2,3)9(12)16-8(6-11)7-15-17(5,13)14-4/h8,11H,6-7H2,1-5H3. The minimum atomic E-state index is -3.13. The number of esters is 1. The van der Waals surface area contributed by atoms with E-state index in [4.69, 9.17) is 14.4 Å². The van der Waals surface area contributed by atoms with Crippen molar-refractivity contribution in [3.05, 3.63) is 0 Å². The lowest BCUT2D eigenvalue weighted by molar-refractivity contribution is -0.162. The molecular formula is C10H21O6P. The first-order valence-electron chi connectivity index (χ1n) is 5.22. The average Bonchev–Trinajstić information content (AvgIpc) is 2.22. The molecule has 6 nitrogen and oxygen atoms in total. The smallest absolute Gasteiger partial charge is 0.327 e. The summed E-state index contributed by atoms with van der Waals surface area (Å²) in [7, 11) is -1.87. The summed E-state index contributed by atoms with van der Waals surface area (Å²) in [6, 6.07) is 0. The Bertz CT molecular complexity index is 296. The molecule has 0 saturated heterocycles. The van der Waals surface area contributed by atoms with Gasteiger partial charge in [0.25, 0.3) is 0 Å². The summed E-state index contributed by atoms with van der Waals surface area (Å²) in [6.07, 6.45) is -0.842. The topological polar surface area (TPSA) is 82.1 Å². The van der Waals surface area contributed by atoms with Crippen LogP contribution in [0.4, 0.5) is 0 Å². The lowest BCUT2D eigenvalue weighted by Crippen LogP contribution is -2.32. The molecule has 0 radical (unpaired) electrons. The Morgan fingerprint density at radius 3 is 2.29 bits per heavy atom. The van der Waals surface area contributed by atoms with E-state index in [-0.39, 0.29) is 6.61 Å². The molecule has 102 valence electrons. The minimum Gasteiger partial charge on any atom is -0.457 e. The van der Waals surface area contributed by atoms with Gasteiger partial charge in [-0.15, -0.1) is 0 Å². The van der Waals surface area contributed by atoms with Gasteiger partial charge in [0.05, 0.1) is 18.6 Å². The third-order valence-electron chi connectivity index (χ3n) is 1.92. The Labute approximate surface area is 102 Å². The molecular weight excluding hydrogens is 247 g/mol. The highest BCUT2D eigenvalue weighted by Gasteiger charge is 2.27. The summed E-state index contributed by atoms with van der Waals surface area (Å²) in [5.74, 6) is -0.455. The van der Waals surface area contributed by atoms with E-state index in [1.54, 1.807) is 20.8 Å². The number of aliphatic hydroxyl groups excluding tert-OH is 1. The van der Waals surface area contributed by atoms with Crippen LogP contribution < -0.4 is 0 Å². The minimum absolute atomic E-state index is 0.167. The highest BCUT2D eigenvalue weighted by atomic mass is 31.2. The van der Waals surface area contributed by atoms with Gasteiger partial charge in [-0.25, -0.2) is 0 Å². The summed E-state index contributed by atoms with van der Waals surface area (Å²) in [5.41, 5.74) is -0.662. The zero-order chi connectivity index (χ0) is 13.7. The van der Waals surface area contributed by atoms with E-state index in [0.717, 1.165) is 0 Å². The van der Waals surface area contributed by atoms with Gasteiger partial charge in [0.15, 0.2) is 0 Å². The number of aliphatic hydroxyl groups is 1. The fraction of sp³-hybridized carbons (Fsp3) is 0.900. The Morgan fingerprint density at radius 1 is 1.41 bits per heavy atom. The van der Waals surface area contributed by atoms with Crippen molar-refractivity contribution in [2.45, 2.75) is 26.9 Å². The molecule has 2 atom stereocenters. The van der Waals surface area contributed by atoms with Gasteiger partial charge in [0, 0.05) is 13.8 Å². The largest absolute Gasteiger partial charge is 0.457 e. The first kappa shape index (κ1) is 16.6. The van der Waals surface area contributed by atoms with E-state index in [0.29, 0.717) is 0 Å². The average molecular weight is 268 g/mol.